The van der Waals surface area contributed by atoms with E-state index in [0.29, 0.717) is 17.1 Å². The van der Waals surface area contributed by atoms with Crippen molar-refractivity contribution in [3.8, 4) is 11.5 Å². The minimum absolute atomic E-state index is 0.163. The Morgan fingerprint density at radius 3 is 2.45 bits per heavy atom. The van der Waals surface area contributed by atoms with Crippen molar-refractivity contribution in [1.29, 1.82) is 0 Å². The van der Waals surface area contributed by atoms with Gasteiger partial charge < -0.3 is 9.47 Å². The van der Waals surface area contributed by atoms with Gasteiger partial charge in [-0.1, -0.05) is 35.2 Å². The number of carbonyl (C=O) groups excluding carboxylic acids is 1. The average molecular weight is 538 g/mol. The predicted molar refractivity (Wildman–Crippen MR) is 130 cm³/mol. The number of amides is 1. The molecule has 0 bridgehead atoms. The van der Waals surface area contributed by atoms with E-state index < -0.39 is 15.9 Å². The summed E-state index contributed by atoms with van der Waals surface area (Å²) in [6, 6.07) is 11.4. The number of ether oxygens (including phenoxy) is 2. The summed E-state index contributed by atoms with van der Waals surface area (Å²) >= 11 is 3.33. The second-order valence-corrected chi connectivity index (χ2v) is 10.5. The molecular weight excluding hydrogens is 510 g/mol. The Morgan fingerprint density at radius 1 is 1.12 bits per heavy atom. The first kappa shape index (κ1) is 25.2. The zero-order valence-electron chi connectivity index (χ0n) is 18.7. The molecule has 0 aliphatic heterocycles. The van der Waals surface area contributed by atoms with Crippen LogP contribution in [-0.2, 0) is 14.8 Å². The highest BCUT2D eigenvalue weighted by Gasteiger charge is 2.33. The molecule has 0 saturated heterocycles. The molecule has 0 atom stereocenters. The number of halogens is 1. The molecule has 33 heavy (non-hydrogen) atoms. The molecule has 1 aliphatic rings. The Labute approximate surface area is 203 Å². The maximum atomic E-state index is 13.4. The number of rotatable bonds is 9. The van der Waals surface area contributed by atoms with Gasteiger partial charge in [-0.2, -0.15) is 9.41 Å². The van der Waals surface area contributed by atoms with Gasteiger partial charge in [0.25, 0.3) is 5.91 Å². The molecule has 2 aromatic carbocycles. The molecule has 3 rings (SSSR count). The van der Waals surface area contributed by atoms with Gasteiger partial charge >= 0.3 is 0 Å². The lowest BCUT2D eigenvalue weighted by Gasteiger charge is -2.32. The third-order valence-corrected chi connectivity index (χ3v) is 7.98. The van der Waals surface area contributed by atoms with Crippen LogP contribution in [0.5, 0.6) is 11.5 Å². The first-order chi connectivity index (χ1) is 15.8. The quantitative estimate of drug-likeness (QED) is 0.386. The Kier molecular flexibility index (Phi) is 8.87. The van der Waals surface area contributed by atoms with Crippen LogP contribution in [0, 0.1) is 0 Å². The maximum Gasteiger partial charge on any atom is 0.255 e. The van der Waals surface area contributed by atoms with E-state index in [9.17, 15) is 13.2 Å². The molecule has 0 unspecified atom stereocenters. The van der Waals surface area contributed by atoms with Crippen LogP contribution in [-0.4, -0.2) is 51.7 Å². The fourth-order valence-electron chi connectivity index (χ4n) is 3.80. The molecule has 0 heterocycles. The van der Waals surface area contributed by atoms with Crippen molar-refractivity contribution in [3.05, 3.63) is 52.5 Å². The largest absolute Gasteiger partial charge is 0.497 e. The summed E-state index contributed by atoms with van der Waals surface area (Å²) in [5.74, 6) is 0.660. The Bertz CT molecular complexity index is 1080. The molecule has 10 heteroatoms. The van der Waals surface area contributed by atoms with Crippen LogP contribution in [0.2, 0.25) is 0 Å². The summed E-state index contributed by atoms with van der Waals surface area (Å²) in [6.45, 7) is -0.305. The summed E-state index contributed by atoms with van der Waals surface area (Å²) < 4.78 is 39.3. The topological polar surface area (TPSA) is 97.3 Å². The molecule has 0 aromatic heterocycles. The number of nitrogens with one attached hydrogen (secondary N) is 1. The Morgan fingerprint density at radius 2 is 1.82 bits per heavy atom. The number of hydrazone groups is 1. The van der Waals surface area contributed by atoms with Crippen LogP contribution in [0.25, 0.3) is 0 Å². The fourth-order valence-corrected chi connectivity index (χ4v) is 5.70. The van der Waals surface area contributed by atoms with E-state index in [1.165, 1.54) is 17.6 Å². The number of carbonyl (C=O) groups is 1. The van der Waals surface area contributed by atoms with Crippen molar-refractivity contribution in [2.75, 3.05) is 20.8 Å². The summed E-state index contributed by atoms with van der Waals surface area (Å²) in [7, 11) is -0.756. The SMILES string of the molecule is COc1ccc(/C=N\NC(=O)CN(C2CCCCC2)S(=O)(=O)c2ccc(Br)cc2)c(OC)c1. The van der Waals surface area contributed by atoms with Gasteiger partial charge in [0.2, 0.25) is 10.0 Å². The first-order valence-electron chi connectivity index (χ1n) is 10.7. The van der Waals surface area contributed by atoms with Gasteiger partial charge in [0.1, 0.15) is 11.5 Å². The van der Waals surface area contributed by atoms with E-state index in [0.717, 1.165) is 36.6 Å². The third kappa shape index (κ3) is 6.55. The predicted octanol–water partition coefficient (Wildman–Crippen LogP) is 3.94. The van der Waals surface area contributed by atoms with E-state index in [-0.39, 0.29) is 17.5 Å². The highest BCUT2D eigenvalue weighted by Crippen LogP contribution is 2.28. The van der Waals surface area contributed by atoms with E-state index >= 15 is 0 Å². The fraction of sp³-hybridized carbons (Fsp3) is 0.391. The second-order valence-electron chi connectivity index (χ2n) is 7.70. The van der Waals surface area contributed by atoms with Crippen LogP contribution >= 0.6 is 15.9 Å². The number of methoxy groups -OCH3 is 2. The highest BCUT2D eigenvalue weighted by molar-refractivity contribution is 9.10. The van der Waals surface area contributed by atoms with Crippen LogP contribution in [0.1, 0.15) is 37.7 Å². The summed E-state index contributed by atoms with van der Waals surface area (Å²) in [4.78, 5) is 12.8. The van der Waals surface area contributed by atoms with Gasteiger partial charge in [-0.3, -0.25) is 4.79 Å². The number of nitrogens with zero attached hydrogens (tertiary/aromatic N) is 2. The molecule has 178 valence electrons. The van der Waals surface area contributed by atoms with Gasteiger partial charge in [0, 0.05) is 22.1 Å². The smallest absolute Gasteiger partial charge is 0.255 e. The summed E-state index contributed by atoms with van der Waals surface area (Å²) in [5.41, 5.74) is 3.09. The number of hydrogen-bond donors (Lipinski definition) is 1. The second kappa shape index (κ2) is 11.6. The highest BCUT2D eigenvalue weighted by atomic mass is 79.9. The van der Waals surface area contributed by atoms with E-state index in [1.54, 1.807) is 49.6 Å². The summed E-state index contributed by atoms with van der Waals surface area (Å²) in [5, 5.41) is 4.00. The van der Waals surface area contributed by atoms with Crippen molar-refractivity contribution in [2.24, 2.45) is 5.10 Å². The van der Waals surface area contributed by atoms with Crippen LogP contribution in [0.4, 0.5) is 0 Å². The van der Waals surface area contributed by atoms with E-state index in [4.69, 9.17) is 9.47 Å². The number of sulfonamides is 1. The molecule has 0 spiro atoms. The molecule has 0 radical (unpaired) electrons. The monoisotopic (exact) mass is 537 g/mol. The molecule has 1 aliphatic carbocycles. The molecular formula is C23H28BrN3O5S. The zero-order valence-corrected chi connectivity index (χ0v) is 21.1. The van der Waals surface area contributed by atoms with E-state index in [2.05, 4.69) is 26.5 Å². The van der Waals surface area contributed by atoms with Crippen LogP contribution < -0.4 is 14.9 Å². The van der Waals surface area contributed by atoms with Crippen molar-refractivity contribution >= 4 is 38.1 Å². The van der Waals surface area contributed by atoms with Crippen molar-refractivity contribution in [2.45, 2.75) is 43.0 Å². The molecule has 1 N–H and O–H groups in total. The summed E-state index contributed by atoms with van der Waals surface area (Å²) in [6.07, 6.45) is 5.86. The Hall–Kier alpha value is -2.43. The zero-order chi connectivity index (χ0) is 23.8. The van der Waals surface area contributed by atoms with Crippen LogP contribution in [0.3, 0.4) is 0 Å². The number of hydrogen-bond acceptors (Lipinski definition) is 6. The maximum absolute atomic E-state index is 13.4. The van der Waals surface area contributed by atoms with Crippen molar-refractivity contribution in [3.63, 3.8) is 0 Å². The van der Waals surface area contributed by atoms with Gasteiger partial charge in [-0.15, -0.1) is 0 Å². The van der Waals surface area contributed by atoms with Crippen LogP contribution in [0.15, 0.2) is 56.9 Å². The van der Waals surface area contributed by atoms with Crippen molar-refractivity contribution in [1.82, 2.24) is 9.73 Å². The average Bonchev–Trinajstić information content (AvgIpc) is 2.83. The lowest BCUT2D eigenvalue weighted by Crippen LogP contribution is -2.46. The minimum Gasteiger partial charge on any atom is -0.497 e. The molecule has 1 amide bonds. The van der Waals surface area contributed by atoms with E-state index in [1.807, 2.05) is 0 Å². The lowest BCUT2D eigenvalue weighted by molar-refractivity contribution is -0.121. The van der Waals surface area contributed by atoms with Gasteiger partial charge in [0.05, 0.1) is 31.9 Å². The third-order valence-electron chi connectivity index (χ3n) is 5.54. The first-order valence-corrected chi connectivity index (χ1v) is 12.9. The number of benzene rings is 2. The standard InChI is InChI=1S/C23H28BrN3O5S/c1-31-20-11-8-17(22(14-20)32-2)15-25-26-23(28)16-27(19-6-4-3-5-7-19)33(29,30)21-12-9-18(24)10-13-21/h8-15,19H,3-7,16H2,1-2H3,(H,26,28)/b25-15-. The van der Waals surface area contributed by atoms with Gasteiger partial charge in [-0.25, -0.2) is 13.8 Å². The lowest BCUT2D eigenvalue weighted by atomic mass is 9.95. The van der Waals surface area contributed by atoms with Crippen molar-refractivity contribution < 1.29 is 22.7 Å². The molecule has 1 fully saturated rings. The molecule has 2 aromatic rings. The van der Waals surface area contributed by atoms with Gasteiger partial charge in [-0.05, 0) is 49.2 Å². The Balaban J connectivity index is 1.75. The van der Waals surface area contributed by atoms with Gasteiger partial charge in [0.15, 0.2) is 0 Å². The molecule has 8 nitrogen and oxygen atoms in total. The minimum atomic E-state index is -3.84. The molecule has 1 saturated carbocycles. The normalized spacial score (nSPS) is 15.0.